The molecule has 0 saturated heterocycles. The molecule has 0 bridgehead atoms. The first-order valence-corrected chi connectivity index (χ1v) is 6.09. The lowest BCUT2D eigenvalue weighted by molar-refractivity contribution is -0.137. The van der Waals surface area contributed by atoms with Crippen LogP contribution in [-0.2, 0) is 6.18 Å². The van der Waals surface area contributed by atoms with Crippen LogP contribution in [0, 0.1) is 11.3 Å². The molecule has 1 aromatic carbocycles. The maximum atomic E-state index is 12.9. The third kappa shape index (κ3) is 3.51. The standard InChI is InChI=1S/C15H11F3N2O/c1-10(12-3-2-6-20-9-12)21-13-5-4-11(8-19)14(7-13)15(16,17)18/h2-7,9-10H,1H3. The summed E-state index contributed by atoms with van der Waals surface area (Å²) < 4.78 is 44.1. The molecule has 6 heteroatoms. The van der Waals surface area contributed by atoms with E-state index in [0.717, 1.165) is 17.7 Å². The molecule has 0 aliphatic carbocycles. The van der Waals surface area contributed by atoms with E-state index < -0.39 is 23.4 Å². The molecule has 0 radical (unpaired) electrons. The quantitative estimate of drug-likeness (QED) is 0.855. The van der Waals surface area contributed by atoms with Gasteiger partial charge in [0.05, 0.1) is 17.2 Å². The lowest BCUT2D eigenvalue weighted by Crippen LogP contribution is -2.09. The molecule has 21 heavy (non-hydrogen) atoms. The molecule has 0 aliphatic rings. The summed E-state index contributed by atoms with van der Waals surface area (Å²) in [7, 11) is 0. The van der Waals surface area contributed by atoms with Gasteiger partial charge >= 0.3 is 6.18 Å². The fraction of sp³-hybridized carbons (Fsp3) is 0.200. The van der Waals surface area contributed by atoms with Crippen LogP contribution in [0.15, 0.2) is 42.7 Å². The average molecular weight is 292 g/mol. The lowest BCUT2D eigenvalue weighted by atomic mass is 10.1. The molecule has 2 rings (SSSR count). The predicted molar refractivity (Wildman–Crippen MR) is 69.4 cm³/mol. The van der Waals surface area contributed by atoms with Gasteiger partial charge < -0.3 is 4.74 Å². The second kappa shape index (κ2) is 5.83. The predicted octanol–water partition coefficient (Wildman–Crippen LogP) is 4.11. The topological polar surface area (TPSA) is 45.9 Å². The van der Waals surface area contributed by atoms with Gasteiger partial charge in [-0.15, -0.1) is 0 Å². The Morgan fingerprint density at radius 3 is 2.62 bits per heavy atom. The van der Waals surface area contributed by atoms with Crippen molar-refractivity contribution in [3.63, 3.8) is 0 Å². The first kappa shape index (κ1) is 14.9. The van der Waals surface area contributed by atoms with Crippen LogP contribution in [0.3, 0.4) is 0 Å². The molecule has 0 fully saturated rings. The smallest absolute Gasteiger partial charge is 0.417 e. The molecule has 0 N–H and O–H groups in total. The summed E-state index contributed by atoms with van der Waals surface area (Å²) in [6.07, 6.45) is -1.87. The Morgan fingerprint density at radius 1 is 1.29 bits per heavy atom. The van der Waals surface area contributed by atoms with Gasteiger partial charge in [0, 0.05) is 18.0 Å². The van der Waals surface area contributed by atoms with Crippen LogP contribution in [0.25, 0.3) is 0 Å². The van der Waals surface area contributed by atoms with Gasteiger partial charge in [0.25, 0.3) is 0 Å². The Bertz CT molecular complexity index is 663. The largest absolute Gasteiger partial charge is 0.486 e. The number of halogens is 3. The molecular weight excluding hydrogens is 281 g/mol. The van der Waals surface area contributed by atoms with Gasteiger partial charge in [-0.1, -0.05) is 6.07 Å². The van der Waals surface area contributed by atoms with Crippen molar-refractivity contribution in [3.05, 3.63) is 59.4 Å². The number of nitrogens with zero attached hydrogens (tertiary/aromatic N) is 2. The van der Waals surface area contributed by atoms with Gasteiger partial charge in [-0.3, -0.25) is 4.98 Å². The molecule has 0 amide bonds. The fourth-order valence-corrected chi connectivity index (χ4v) is 1.82. The van der Waals surface area contributed by atoms with Gasteiger partial charge in [-0.2, -0.15) is 18.4 Å². The number of nitriles is 1. The highest BCUT2D eigenvalue weighted by atomic mass is 19.4. The number of hydrogen-bond donors (Lipinski definition) is 0. The summed E-state index contributed by atoms with van der Waals surface area (Å²) in [5.74, 6) is 0.0534. The normalized spacial score (nSPS) is 12.5. The molecule has 0 saturated carbocycles. The van der Waals surface area contributed by atoms with Crippen molar-refractivity contribution in [3.8, 4) is 11.8 Å². The van der Waals surface area contributed by atoms with E-state index in [1.165, 1.54) is 12.1 Å². The molecule has 1 aromatic heterocycles. The number of rotatable bonds is 3. The van der Waals surface area contributed by atoms with Crippen molar-refractivity contribution in [2.24, 2.45) is 0 Å². The van der Waals surface area contributed by atoms with Crippen LogP contribution in [0.1, 0.15) is 29.7 Å². The van der Waals surface area contributed by atoms with Crippen molar-refractivity contribution in [1.29, 1.82) is 5.26 Å². The summed E-state index contributed by atoms with van der Waals surface area (Å²) in [6.45, 7) is 1.71. The second-order valence-corrected chi connectivity index (χ2v) is 4.36. The summed E-state index contributed by atoms with van der Waals surface area (Å²) >= 11 is 0. The van der Waals surface area contributed by atoms with Gasteiger partial charge in [0.2, 0.25) is 0 Å². The molecule has 1 atom stereocenters. The summed E-state index contributed by atoms with van der Waals surface area (Å²) in [5.41, 5.74) is -0.680. The minimum atomic E-state index is -4.60. The number of hydrogen-bond acceptors (Lipinski definition) is 3. The summed E-state index contributed by atoms with van der Waals surface area (Å²) in [4.78, 5) is 3.93. The number of ether oxygens (including phenoxy) is 1. The van der Waals surface area contributed by atoms with Gasteiger partial charge in [-0.25, -0.2) is 0 Å². The maximum Gasteiger partial charge on any atom is 0.417 e. The molecule has 1 unspecified atom stereocenters. The van der Waals surface area contributed by atoms with E-state index in [9.17, 15) is 13.2 Å². The van der Waals surface area contributed by atoms with E-state index in [4.69, 9.17) is 10.00 Å². The highest BCUT2D eigenvalue weighted by Crippen LogP contribution is 2.35. The second-order valence-electron chi connectivity index (χ2n) is 4.36. The van der Waals surface area contributed by atoms with Gasteiger partial charge in [0.15, 0.2) is 0 Å². The number of alkyl halides is 3. The molecule has 1 heterocycles. The van der Waals surface area contributed by atoms with Crippen LogP contribution >= 0.6 is 0 Å². The zero-order valence-electron chi connectivity index (χ0n) is 11.1. The minimum Gasteiger partial charge on any atom is -0.486 e. The van der Waals surface area contributed by atoms with Gasteiger partial charge in [-0.05, 0) is 31.2 Å². The van der Waals surface area contributed by atoms with Crippen LogP contribution in [0.5, 0.6) is 5.75 Å². The molecule has 108 valence electrons. The van der Waals surface area contributed by atoms with Crippen molar-refractivity contribution in [1.82, 2.24) is 4.98 Å². The Labute approximate surface area is 119 Å². The van der Waals surface area contributed by atoms with Crippen LogP contribution < -0.4 is 4.74 Å². The minimum absolute atomic E-state index is 0.0534. The SMILES string of the molecule is CC(Oc1ccc(C#N)c(C(F)(F)F)c1)c1cccnc1. The Kier molecular flexibility index (Phi) is 4.13. The van der Waals surface area contributed by atoms with Crippen LogP contribution in [0.4, 0.5) is 13.2 Å². The zero-order chi connectivity index (χ0) is 15.5. The van der Waals surface area contributed by atoms with E-state index >= 15 is 0 Å². The Morgan fingerprint density at radius 2 is 2.05 bits per heavy atom. The van der Waals surface area contributed by atoms with Crippen molar-refractivity contribution < 1.29 is 17.9 Å². The number of pyridine rings is 1. The fourth-order valence-electron chi connectivity index (χ4n) is 1.82. The van der Waals surface area contributed by atoms with Crippen molar-refractivity contribution >= 4 is 0 Å². The van der Waals surface area contributed by atoms with E-state index in [-0.39, 0.29) is 5.75 Å². The summed E-state index contributed by atoms with van der Waals surface area (Å²) in [5, 5.41) is 8.73. The number of benzene rings is 1. The van der Waals surface area contributed by atoms with Crippen molar-refractivity contribution in [2.45, 2.75) is 19.2 Å². The van der Waals surface area contributed by atoms with E-state index in [1.54, 1.807) is 31.5 Å². The molecule has 3 nitrogen and oxygen atoms in total. The van der Waals surface area contributed by atoms with Gasteiger partial charge in [0.1, 0.15) is 11.9 Å². The number of aromatic nitrogens is 1. The Balaban J connectivity index is 2.28. The first-order valence-electron chi connectivity index (χ1n) is 6.09. The van der Waals surface area contributed by atoms with Crippen LogP contribution in [-0.4, -0.2) is 4.98 Å². The van der Waals surface area contributed by atoms with E-state index in [2.05, 4.69) is 4.98 Å². The highest BCUT2D eigenvalue weighted by Gasteiger charge is 2.34. The molecule has 0 aliphatic heterocycles. The Hall–Kier alpha value is -2.55. The van der Waals surface area contributed by atoms with Crippen molar-refractivity contribution in [2.75, 3.05) is 0 Å². The molecule has 0 spiro atoms. The monoisotopic (exact) mass is 292 g/mol. The zero-order valence-corrected chi connectivity index (χ0v) is 11.1. The third-order valence-corrected chi connectivity index (χ3v) is 2.88. The molecule has 2 aromatic rings. The molecular formula is C15H11F3N2O. The maximum absolute atomic E-state index is 12.9. The summed E-state index contributed by atoms with van der Waals surface area (Å²) in [6, 6.07) is 8.31. The first-order chi connectivity index (χ1) is 9.91. The third-order valence-electron chi connectivity index (χ3n) is 2.88. The van der Waals surface area contributed by atoms with E-state index in [0.29, 0.717) is 0 Å². The average Bonchev–Trinajstić information content (AvgIpc) is 2.47. The van der Waals surface area contributed by atoms with Crippen LogP contribution in [0.2, 0.25) is 0 Å². The highest BCUT2D eigenvalue weighted by molar-refractivity contribution is 5.44. The lowest BCUT2D eigenvalue weighted by Gasteiger charge is -2.16. The van der Waals surface area contributed by atoms with E-state index in [1.807, 2.05) is 0 Å².